The van der Waals surface area contributed by atoms with Gasteiger partial charge in [-0.2, -0.15) is 0 Å². The van der Waals surface area contributed by atoms with Gasteiger partial charge in [-0.25, -0.2) is 0 Å². The molecule has 0 rings (SSSR count). The zero-order valence-electron chi connectivity index (χ0n) is 29.7. The predicted molar refractivity (Wildman–Crippen MR) is 187 cm³/mol. The van der Waals surface area contributed by atoms with Gasteiger partial charge >= 0.3 is 0 Å². The summed E-state index contributed by atoms with van der Waals surface area (Å²) in [6, 6.07) is 0. The number of hydrogen-bond acceptors (Lipinski definition) is 6. The number of unbranched alkanes of at least 4 members (excludes halogenated alkanes) is 25. The summed E-state index contributed by atoms with van der Waals surface area (Å²) < 4.78 is 0. The van der Waals surface area contributed by atoms with Crippen LogP contribution < -0.4 is 0 Å². The molecule has 45 heavy (non-hydrogen) atoms. The summed E-state index contributed by atoms with van der Waals surface area (Å²) in [5.41, 5.74) is 0. The van der Waals surface area contributed by atoms with Crippen molar-refractivity contribution >= 4 is 11.7 Å². The fourth-order valence-corrected chi connectivity index (χ4v) is 6.03. The van der Waals surface area contributed by atoms with E-state index < -0.39 is 30.7 Å². The molecule has 268 valence electrons. The van der Waals surface area contributed by atoms with Crippen LogP contribution >= 0.6 is 0 Å². The first-order valence-corrected chi connectivity index (χ1v) is 19.3. The minimum atomic E-state index is -1.84. The molecule has 7 heteroatoms. The number of nitrogens with zero attached hydrogens (tertiary/aromatic N) is 1. The van der Waals surface area contributed by atoms with Crippen LogP contribution in [0.3, 0.4) is 0 Å². The molecule has 0 radical (unpaired) electrons. The molecular formula is C38H75NO6. The molecule has 0 saturated carbocycles. The number of hydrogen-bond donors (Lipinski definition) is 4. The van der Waals surface area contributed by atoms with E-state index in [0.29, 0.717) is 13.0 Å². The van der Waals surface area contributed by atoms with E-state index in [2.05, 4.69) is 13.8 Å². The van der Waals surface area contributed by atoms with E-state index in [-0.39, 0.29) is 12.5 Å². The normalized spacial score (nSPS) is 13.6. The zero-order chi connectivity index (χ0) is 33.4. The van der Waals surface area contributed by atoms with Gasteiger partial charge in [0.2, 0.25) is 5.91 Å². The molecule has 0 aromatic rings. The Morgan fingerprint density at radius 3 is 1.20 bits per heavy atom. The average molecular weight is 642 g/mol. The van der Waals surface area contributed by atoms with Crippen LogP contribution in [-0.4, -0.2) is 75.0 Å². The van der Waals surface area contributed by atoms with Crippen molar-refractivity contribution in [2.24, 2.45) is 0 Å². The van der Waals surface area contributed by atoms with E-state index in [1.165, 1.54) is 140 Å². The van der Waals surface area contributed by atoms with Crippen molar-refractivity contribution < 1.29 is 30.0 Å². The maximum atomic E-state index is 13.1. The molecule has 0 fully saturated rings. The van der Waals surface area contributed by atoms with Crippen LogP contribution in [-0.2, 0) is 9.59 Å². The third kappa shape index (κ3) is 26.7. The fraction of sp³-hybridized carbons (Fsp3) is 0.947. The maximum Gasteiger partial charge on any atom is 0.222 e. The van der Waals surface area contributed by atoms with Crippen LogP contribution in [0.4, 0.5) is 0 Å². The molecule has 0 spiro atoms. The molecule has 0 heterocycles. The minimum Gasteiger partial charge on any atom is -0.394 e. The summed E-state index contributed by atoms with van der Waals surface area (Å²) in [5, 5.41) is 38.8. The molecule has 3 atom stereocenters. The first kappa shape index (κ1) is 44.0. The summed E-state index contributed by atoms with van der Waals surface area (Å²) in [7, 11) is 0. The molecule has 0 aliphatic heterocycles. The predicted octanol–water partition coefficient (Wildman–Crippen LogP) is 8.42. The summed E-state index contributed by atoms with van der Waals surface area (Å²) in [5.74, 6) is -0.802. The highest BCUT2D eigenvalue weighted by Crippen LogP contribution is 2.16. The summed E-state index contributed by atoms with van der Waals surface area (Å²) in [4.78, 5) is 27.2. The SMILES string of the molecule is CCCCCCCCCCCCCCCCCC(=O)N(CCCCCCCCCCCCCC)CC(=O)[C@@H](O)[C@@H](O)[C@H](O)CO. The lowest BCUT2D eigenvalue weighted by atomic mass is 10.0. The van der Waals surface area contributed by atoms with Gasteiger partial charge in [0.05, 0.1) is 13.2 Å². The monoisotopic (exact) mass is 642 g/mol. The smallest absolute Gasteiger partial charge is 0.222 e. The van der Waals surface area contributed by atoms with Gasteiger partial charge in [0.15, 0.2) is 5.78 Å². The van der Waals surface area contributed by atoms with Gasteiger partial charge in [0.1, 0.15) is 18.3 Å². The van der Waals surface area contributed by atoms with Gasteiger partial charge in [-0.1, -0.05) is 174 Å². The van der Waals surface area contributed by atoms with Crippen molar-refractivity contribution in [2.75, 3.05) is 19.7 Å². The number of carbonyl (C=O) groups is 2. The quantitative estimate of drug-likeness (QED) is 0.0516. The lowest BCUT2D eigenvalue weighted by Gasteiger charge is -2.26. The van der Waals surface area contributed by atoms with Gasteiger partial charge in [0.25, 0.3) is 0 Å². The molecule has 0 aliphatic carbocycles. The highest BCUT2D eigenvalue weighted by molar-refractivity contribution is 5.89. The van der Waals surface area contributed by atoms with Gasteiger partial charge in [-0.3, -0.25) is 9.59 Å². The van der Waals surface area contributed by atoms with E-state index in [4.69, 9.17) is 5.11 Å². The van der Waals surface area contributed by atoms with E-state index in [9.17, 15) is 24.9 Å². The molecule has 0 aromatic carbocycles. The summed E-state index contributed by atoms with van der Waals surface area (Å²) in [6.45, 7) is 3.91. The highest BCUT2D eigenvalue weighted by Gasteiger charge is 2.31. The van der Waals surface area contributed by atoms with Gasteiger partial charge in [-0.15, -0.1) is 0 Å². The number of ketones is 1. The van der Waals surface area contributed by atoms with Crippen molar-refractivity contribution in [3.8, 4) is 0 Å². The van der Waals surface area contributed by atoms with E-state index in [1.807, 2.05) is 0 Å². The second kappa shape index (κ2) is 32.9. The molecule has 1 amide bonds. The van der Waals surface area contributed by atoms with Crippen LogP contribution in [0.5, 0.6) is 0 Å². The molecule has 7 nitrogen and oxygen atoms in total. The summed E-state index contributed by atoms with van der Waals surface area (Å²) in [6.07, 6.45) is 28.6. The van der Waals surface area contributed by atoms with Crippen molar-refractivity contribution in [3.05, 3.63) is 0 Å². The van der Waals surface area contributed by atoms with Crippen LogP contribution in [0.15, 0.2) is 0 Å². The Bertz CT molecular complexity index is 660. The number of rotatable bonds is 35. The van der Waals surface area contributed by atoms with Gasteiger partial charge in [-0.05, 0) is 12.8 Å². The third-order valence-electron chi connectivity index (χ3n) is 9.21. The van der Waals surface area contributed by atoms with Crippen molar-refractivity contribution in [1.82, 2.24) is 4.90 Å². The second-order valence-corrected chi connectivity index (χ2v) is 13.6. The summed E-state index contributed by atoms with van der Waals surface area (Å²) >= 11 is 0. The number of Topliss-reactive ketones (excluding diaryl/α,β-unsaturated/α-hetero) is 1. The number of aliphatic hydroxyl groups is 4. The highest BCUT2D eigenvalue weighted by atomic mass is 16.4. The molecule has 0 aromatic heterocycles. The van der Waals surface area contributed by atoms with Gasteiger partial charge in [0, 0.05) is 13.0 Å². The molecule has 0 unspecified atom stereocenters. The maximum absolute atomic E-state index is 13.1. The largest absolute Gasteiger partial charge is 0.394 e. The van der Waals surface area contributed by atoms with Crippen molar-refractivity contribution in [3.63, 3.8) is 0 Å². The fourth-order valence-electron chi connectivity index (χ4n) is 6.03. The van der Waals surface area contributed by atoms with Crippen LogP contribution in [0.25, 0.3) is 0 Å². The Morgan fingerprint density at radius 2 is 0.844 bits per heavy atom. The topological polar surface area (TPSA) is 118 Å². The van der Waals surface area contributed by atoms with E-state index >= 15 is 0 Å². The van der Waals surface area contributed by atoms with Crippen LogP contribution in [0, 0.1) is 0 Å². The third-order valence-corrected chi connectivity index (χ3v) is 9.21. The molecular weight excluding hydrogens is 566 g/mol. The Balaban J connectivity index is 4.29. The average Bonchev–Trinajstić information content (AvgIpc) is 3.05. The lowest BCUT2D eigenvalue weighted by molar-refractivity contribution is -0.145. The first-order chi connectivity index (χ1) is 21.9. The standard InChI is InChI=1S/C38H75NO6/c1-3-5-7-9-11-13-15-17-18-19-20-22-24-26-28-30-36(43)39(32-34(41)37(44)38(45)35(42)33-40)31-29-27-25-23-21-16-14-12-10-8-6-4-2/h35,37-38,40,42,44-45H,3-33H2,1-2H3/t35-,37-,38+/m1/s1. The Hall–Kier alpha value is -1.02. The van der Waals surface area contributed by atoms with Crippen molar-refractivity contribution in [2.45, 2.75) is 212 Å². The molecule has 0 bridgehead atoms. The Labute approximate surface area is 278 Å². The first-order valence-electron chi connectivity index (χ1n) is 19.3. The zero-order valence-corrected chi connectivity index (χ0v) is 29.7. The van der Waals surface area contributed by atoms with Crippen LogP contribution in [0.1, 0.15) is 194 Å². The minimum absolute atomic E-state index is 0.0921. The Kier molecular flexibility index (Phi) is 32.2. The van der Waals surface area contributed by atoms with Gasteiger partial charge < -0.3 is 25.3 Å². The van der Waals surface area contributed by atoms with Crippen LogP contribution in [0.2, 0.25) is 0 Å². The van der Waals surface area contributed by atoms with Crippen molar-refractivity contribution in [1.29, 1.82) is 0 Å². The number of amides is 1. The molecule has 0 saturated heterocycles. The van der Waals surface area contributed by atoms with E-state index in [0.717, 1.165) is 38.5 Å². The molecule has 0 aliphatic rings. The van der Waals surface area contributed by atoms with E-state index in [1.54, 1.807) is 0 Å². The lowest BCUT2D eigenvalue weighted by Crippen LogP contribution is -2.48. The second-order valence-electron chi connectivity index (χ2n) is 13.6. The Morgan fingerprint density at radius 1 is 0.511 bits per heavy atom. The molecule has 4 N–H and O–H groups in total. The number of aliphatic hydroxyl groups excluding tert-OH is 4. The number of carbonyl (C=O) groups excluding carboxylic acids is 2.